The first kappa shape index (κ1) is 20.9. The highest BCUT2D eigenvalue weighted by atomic mass is 79.9. The first-order valence-electron chi connectivity index (χ1n) is 8.83. The highest BCUT2D eigenvalue weighted by Gasteiger charge is 2.10. The van der Waals surface area contributed by atoms with Crippen LogP contribution in [-0.4, -0.2) is 23.8 Å². The number of hydrogen-bond acceptors (Lipinski definition) is 5. The number of halogens is 1. The Morgan fingerprint density at radius 1 is 1.17 bits per heavy atom. The van der Waals surface area contributed by atoms with E-state index in [1.54, 1.807) is 13.2 Å². The van der Waals surface area contributed by atoms with Crippen molar-refractivity contribution in [2.24, 2.45) is 0 Å². The molecule has 146 valence electrons. The van der Waals surface area contributed by atoms with Crippen LogP contribution < -0.4 is 10.1 Å². The number of hydrogen-bond donors (Lipinski definition) is 1. The second kappa shape index (κ2) is 10.1. The lowest BCUT2D eigenvalue weighted by Crippen LogP contribution is -2.12. The normalized spacial score (nSPS) is 10.2. The summed E-state index contributed by atoms with van der Waals surface area (Å²) in [5, 5.41) is 12.9. The largest absolute Gasteiger partial charge is 0.497 e. The second-order valence-corrected chi connectivity index (χ2v) is 7.95. The number of rotatable bonds is 7. The Kier molecular flexibility index (Phi) is 7.28. The van der Waals surface area contributed by atoms with Gasteiger partial charge in [0.15, 0.2) is 0 Å². The van der Waals surface area contributed by atoms with Crippen molar-refractivity contribution < 1.29 is 9.53 Å². The molecular formula is C22H18BrN3O2S. The summed E-state index contributed by atoms with van der Waals surface area (Å²) in [6.07, 6.45) is 0.311. The molecule has 29 heavy (non-hydrogen) atoms. The fourth-order valence-corrected chi connectivity index (χ4v) is 3.87. The molecule has 1 aromatic heterocycles. The molecule has 0 radical (unpaired) electrons. The molecule has 0 atom stereocenters. The zero-order valence-electron chi connectivity index (χ0n) is 15.7. The van der Waals surface area contributed by atoms with Crippen molar-refractivity contribution in [1.82, 2.24) is 4.98 Å². The number of pyridine rings is 1. The molecule has 0 saturated heterocycles. The van der Waals surface area contributed by atoms with Crippen LogP contribution >= 0.6 is 27.7 Å². The molecule has 0 saturated carbocycles. The Hall–Kier alpha value is -2.82. The maximum atomic E-state index is 12.2. The lowest BCUT2D eigenvalue weighted by molar-refractivity contribution is -0.115. The first-order chi connectivity index (χ1) is 14.1. The van der Waals surface area contributed by atoms with Crippen LogP contribution in [0.5, 0.6) is 5.75 Å². The molecule has 0 aliphatic heterocycles. The quantitative estimate of drug-likeness (QED) is 0.463. The molecular weight excluding hydrogens is 450 g/mol. The average Bonchev–Trinajstić information content (AvgIpc) is 2.75. The lowest BCUT2D eigenvalue weighted by atomic mass is 10.1. The molecule has 3 aromatic rings. The molecule has 0 aliphatic carbocycles. The van der Waals surface area contributed by atoms with E-state index in [1.165, 1.54) is 11.8 Å². The number of amides is 1. The van der Waals surface area contributed by atoms with E-state index < -0.39 is 0 Å². The highest BCUT2D eigenvalue weighted by molar-refractivity contribution is 9.10. The SMILES string of the molecule is COc1ccc(-c2ccc(C#N)c(SCCC(=O)Nc3ccccc3Br)n2)cc1. The predicted octanol–water partition coefficient (Wildman–Crippen LogP) is 5.51. The van der Waals surface area contributed by atoms with Gasteiger partial charge in [0.05, 0.1) is 24.1 Å². The third kappa shape index (κ3) is 5.59. The minimum absolute atomic E-state index is 0.0887. The molecule has 1 amide bonds. The van der Waals surface area contributed by atoms with E-state index in [2.05, 4.69) is 32.3 Å². The molecule has 7 heteroatoms. The number of methoxy groups -OCH3 is 1. The van der Waals surface area contributed by atoms with E-state index in [4.69, 9.17) is 4.74 Å². The number of nitrogens with one attached hydrogen (secondary N) is 1. The van der Waals surface area contributed by atoms with Gasteiger partial charge in [-0.05, 0) is 64.5 Å². The van der Waals surface area contributed by atoms with Gasteiger partial charge in [0.1, 0.15) is 16.8 Å². The molecule has 0 unspecified atom stereocenters. The number of nitriles is 1. The van der Waals surface area contributed by atoms with Crippen molar-refractivity contribution in [2.45, 2.75) is 11.4 Å². The maximum Gasteiger partial charge on any atom is 0.225 e. The van der Waals surface area contributed by atoms with E-state index in [-0.39, 0.29) is 5.91 Å². The van der Waals surface area contributed by atoms with E-state index in [0.29, 0.717) is 22.8 Å². The summed E-state index contributed by atoms with van der Waals surface area (Å²) < 4.78 is 6.02. The summed E-state index contributed by atoms with van der Waals surface area (Å²) in [6.45, 7) is 0. The van der Waals surface area contributed by atoms with Gasteiger partial charge < -0.3 is 10.1 Å². The topological polar surface area (TPSA) is 75.0 Å². The van der Waals surface area contributed by atoms with Gasteiger partial charge in [0, 0.05) is 22.2 Å². The number of para-hydroxylation sites is 1. The van der Waals surface area contributed by atoms with Gasteiger partial charge in [-0.15, -0.1) is 11.8 Å². The van der Waals surface area contributed by atoms with E-state index in [0.717, 1.165) is 27.2 Å². The van der Waals surface area contributed by atoms with Crippen molar-refractivity contribution in [3.63, 3.8) is 0 Å². The molecule has 0 fully saturated rings. The monoisotopic (exact) mass is 467 g/mol. The van der Waals surface area contributed by atoms with Gasteiger partial charge in [-0.25, -0.2) is 4.98 Å². The van der Waals surface area contributed by atoms with Crippen LogP contribution in [0.2, 0.25) is 0 Å². The van der Waals surface area contributed by atoms with Crippen LogP contribution in [0, 0.1) is 11.3 Å². The third-order valence-electron chi connectivity index (χ3n) is 4.08. The number of carbonyl (C=O) groups excluding carboxylic acids is 1. The fraction of sp³-hybridized carbons (Fsp3) is 0.136. The van der Waals surface area contributed by atoms with Crippen LogP contribution in [0.1, 0.15) is 12.0 Å². The van der Waals surface area contributed by atoms with Gasteiger partial charge in [0.25, 0.3) is 0 Å². The predicted molar refractivity (Wildman–Crippen MR) is 119 cm³/mol. The number of thioether (sulfide) groups is 1. The summed E-state index contributed by atoms with van der Waals surface area (Å²) in [5.41, 5.74) is 2.94. The molecule has 0 aliphatic rings. The molecule has 3 rings (SSSR count). The number of benzene rings is 2. The van der Waals surface area contributed by atoms with E-state index in [1.807, 2.05) is 54.6 Å². The minimum Gasteiger partial charge on any atom is -0.497 e. The van der Waals surface area contributed by atoms with Gasteiger partial charge in [-0.2, -0.15) is 5.26 Å². The average molecular weight is 468 g/mol. The molecule has 1 heterocycles. The zero-order valence-corrected chi connectivity index (χ0v) is 18.1. The van der Waals surface area contributed by atoms with Crippen LogP contribution in [0.3, 0.4) is 0 Å². The van der Waals surface area contributed by atoms with E-state index in [9.17, 15) is 10.1 Å². The minimum atomic E-state index is -0.0887. The Bertz CT molecular complexity index is 1050. The smallest absolute Gasteiger partial charge is 0.225 e. The van der Waals surface area contributed by atoms with Gasteiger partial charge in [-0.3, -0.25) is 4.79 Å². The molecule has 5 nitrogen and oxygen atoms in total. The molecule has 1 N–H and O–H groups in total. The fourth-order valence-electron chi connectivity index (χ4n) is 2.57. The third-order valence-corrected chi connectivity index (χ3v) is 5.77. The van der Waals surface area contributed by atoms with Crippen LogP contribution in [0.25, 0.3) is 11.3 Å². The zero-order chi connectivity index (χ0) is 20.6. The highest BCUT2D eigenvalue weighted by Crippen LogP contribution is 2.27. The standard InChI is InChI=1S/C22H18BrN3O2S/c1-28-17-9-6-15(7-10-17)19-11-8-16(14-24)22(26-19)29-13-12-21(27)25-20-5-3-2-4-18(20)23/h2-11H,12-13H2,1H3,(H,25,27). The van der Waals surface area contributed by atoms with Gasteiger partial charge >= 0.3 is 0 Å². The number of aromatic nitrogens is 1. The number of nitrogens with zero attached hydrogens (tertiary/aromatic N) is 2. The summed E-state index contributed by atoms with van der Waals surface area (Å²) in [7, 11) is 1.62. The van der Waals surface area contributed by atoms with Crippen molar-refractivity contribution in [2.75, 3.05) is 18.2 Å². The lowest BCUT2D eigenvalue weighted by Gasteiger charge is -2.09. The summed E-state index contributed by atoms with van der Waals surface area (Å²) >= 11 is 4.81. The number of anilines is 1. The molecule has 0 spiro atoms. The van der Waals surface area contributed by atoms with Gasteiger partial charge in [0.2, 0.25) is 5.91 Å². The maximum absolute atomic E-state index is 12.2. The number of ether oxygens (including phenoxy) is 1. The second-order valence-electron chi connectivity index (χ2n) is 6.02. The molecule has 2 aromatic carbocycles. The van der Waals surface area contributed by atoms with Crippen molar-refractivity contribution in [3.05, 3.63) is 70.7 Å². The first-order valence-corrected chi connectivity index (χ1v) is 10.6. The number of carbonyl (C=O) groups is 1. The summed E-state index contributed by atoms with van der Waals surface area (Å²) in [5.74, 6) is 1.20. The Morgan fingerprint density at radius 3 is 2.62 bits per heavy atom. The summed E-state index contributed by atoms with van der Waals surface area (Å²) in [6, 6.07) is 20.8. The summed E-state index contributed by atoms with van der Waals surface area (Å²) in [4.78, 5) is 16.8. The molecule has 0 bridgehead atoms. The van der Waals surface area contributed by atoms with Crippen LogP contribution in [0.15, 0.2) is 70.2 Å². The van der Waals surface area contributed by atoms with Crippen LogP contribution in [-0.2, 0) is 4.79 Å². The Morgan fingerprint density at radius 2 is 1.93 bits per heavy atom. The van der Waals surface area contributed by atoms with Crippen molar-refractivity contribution in [3.8, 4) is 23.1 Å². The van der Waals surface area contributed by atoms with Crippen LogP contribution in [0.4, 0.5) is 5.69 Å². The van der Waals surface area contributed by atoms with Crippen molar-refractivity contribution >= 4 is 39.3 Å². The Labute approximate surface area is 182 Å². The Balaban J connectivity index is 1.65. The van der Waals surface area contributed by atoms with Gasteiger partial charge in [-0.1, -0.05) is 12.1 Å². The van der Waals surface area contributed by atoms with Crippen molar-refractivity contribution in [1.29, 1.82) is 5.26 Å². The van der Waals surface area contributed by atoms with E-state index >= 15 is 0 Å².